The van der Waals surface area contributed by atoms with Gasteiger partial charge in [0.25, 0.3) is 0 Å². The molecule has 19 heavy (non-hydrogen) atoms. The van der Waals surface area contributed by atoms with Crippen molar-refractivity contribution in [1.29, 1.82) is 0 Å². The molecule has 1 saturated heterocycles. The minimum atomic E-state index is -4.45. The maximum atomic E-state index is 13.5. The van der Waals surface area contributed by atoms with Crippen LogP contribution in [0.4, 0.5) is 27.6 Å². The third-order valence-electron chi connectivity index (χ3n) is 3.22. The molecule has 0 saturated carbocycles. The van der Waals surface area contributed by atoms with E-state index in [-0.39, 0.29) is 24.3 Å². The van der Waals surface area contributed by atoms with Crippen LogP contribution in [0.25, 0.3) is 0 Å². The van der Waals surface area contributed by atoms with Crippen molar-refractivity contribution in [1.82, 2.24) is 5.32 Å². The number of hydrogen-bond acceptors (Lipinski definition) is 2. The van der Waals surface area contributed by atoms with Gasteiger partial charge in [-0.25, -0.2) is 8.78 Å². The van der Waals surface area contributed by atoms with Crippen LogP contribution in [0.15, 0.2) is 12.1 Å². The Hall–Kier alpha value is -1.37. The average Bonchev–Trinajstić information content (AvgIpc) is 2.34. The third kappa shape index (κ3) is 2.80. The monoisotopic (exact) mass is 280 g/mol. The highest BCUT2D eigenvalue weighted by atomic mass is 19.4. The summed E-state index contributed by atoms with van der Waals surface area (Å²) in [6.07, 6.45) is -4.45. The van der Waals surface area contributed by atoms with Gasteiger partial charge in [0.2, 0.25) is 0 Å². The molecule has 0 amide bonds. The molecular formula is C12H13F5N2. The van der Waals surface area contributed by atoms with E-state index < -0.39 is 23.9 Å². The van der Waals surface area contributed by atoms with Gasteiger partial charge in [-0.3, -0.25) is 0 Å². The van der Waals surface area contributed by atoms with Gasteiger partial charge in [0.15, 0.2) is 0 Å². The number of halogens is 5. The molecule has 2 rings (SSSR count). The highest BCUT2D eigenvalue weighted by Crippen LogP contribution is 2.31. The summed E-state index contributed by atoms with van der Waals surface area (Å²) >= 11 is 0. The van der Waals surface area contributed by atoms with Crippen molar-refractivity contribution in [3.05, 3.63) is 29.3 Å². The molecule has 0 radical (unpaired) electrons. The van der Waals surface area contributed by atoms with Crippen molar-refractivity contribution < 1.29 is 22.0 Å². The van der Waals surface area contributed by atoms with Gasteiger partial charge in [-0.15, -0.1) is 0 Å². The van der Waals surface area contributed by atoms with Crippen LogP contribution in [0, 0.1) is 18.6 Å². The quantitative estimate of drug-likeness (QED) is 0.796. The summed E-state index contributed by atoms with van der Waals surface area (Å²) in [5, 5.41) is 2.63. The number of nitrogens with zero attached hydrogens (tertiary/aromatic N) is 1. The molecule has 1 aliphatic heterocycles. The molecule has 0 aliphatic carbocycles. The van der Waals surface area contributed by atoms with Gasteiger partial charge in [0.05, 0.1) is 0 Å². The average molecular weight is 280 g/mol. The smallest absolute Gasteiger partial charge is 0.357 e. The molecule has 1 N–H and O–H groups in total. The zero-order chi connectivity index (χ0) is 14.2. The normalized spacial score (nSPS) is 20.7. The van der Waals surface area contributed by atoms with E-state index in [1.807, 2.05) is 0 Å². The molecule has 0 bridgehead atoms. The molecule has 1 aliphatic rings. The second-order valence-corrected chi connectivity index (χ2v) is 4.49. The molecule has 1 aromatic carbocycles. The highest BCUT2D eigenvalue weighted by molar-refractivity contribution is 5.50. The Morgan fingerprint density at radius 2 is 1.79 bits per heavy atom. The van der Waals surface area contributed by atoms with E-state index in [9.17, 15) is 22.0 Å². The second kappa shape index (κ2) is 4.96. The van der Waals surface area contributed by atoms with Crippen LogP contribution in [0.5, 0.6) is 0 Å². The lowest BCUT2D eigenvalue weighted by atomic mass is 10.1. The molecule has 7 heteroatoms. The minimum absolute atomic E-state index is 0.0477. The molecule has 2 nitrogen and oxygen atoms in total. The first-order chi connectivity index (χ1) is 8.80. The Bertz CT molecular complexity index is 449. The van der Waals surface area contributed by atoms with Crippen molar-refractivity contribution in [2.75, 3.05) is 24.5 Å². The van der Waals surface area contributed by atoms with Gasteiger partial charge in [-0.1, -0.05) is 0 Å². The number of piperazine rings is 1. The molecule has 106 valence electrons. The van der Waals surface area contributed by atoms with E-state index in [1.54, 1.807) is 0 Å². The molecule has 0 spiro atoms. The summed E-state index contributed by atoms with van der Waals surface area (Å²) in [5.74, 6) is -1.68. The summed E-state index contributed by atoms with van der Waals surface area (Å²) in [7, 11) is 0. The molecule has 1 atom stereocenters. The second-order valence-electron chi connectivity index (χ2n) is 4.49. The first-order valence-electron chi connectivity index (χ1n) is 5.80. The lowest BCUT2D eigenvalue weighted by molar-refractivity contribution is -0.149. The maximum absolute atomic E-state index is 13.5. The van der Waals surface area contributed by atoms with E-state index in [0.29, 0.717) is 6.54 Å². The molecule has 1 aromatic rings. The Kier molecular flexibility index (Phi) is 3.66. The predicted octanol–water partition coefficient (Wildman–Crippen LogP) is 2.61. The van der Waals surface area contributed by atoms with Crippen molar-refractivity contribution in [3.8, 4) is 0 Å². The van der Waals surface area contributed by atoms with Crippen LogP contribution in [0.3, 0.4) is 0 Å². The lowest BCUT2D eigenvalue weighted by Gasteiger charge is -2.38. The van der Waals surface area contributed by atoms with E-state index in [1.165, 1.54) is 6.92 Å². The fourth-order valence-corrected chi connectivity index (χ4v) is 2.10. The summed E-state index contributed by atoms with van der Waals surface area (Å²) < 4.78 is 65.6. The number of hydrogen-bond donors (Lipinski definition) is 1. The van der Waals surface area contributed by atoms with E-state index >= 15 is 0 Å². The number of benzene rings is 1. The first-order valence-corrected chi connectivity index (χ1v) is 5.80. The molecule has 1 unspecified atom stereocenters. The Labute approximate surface area is 107 Å². The maximum Gasteiger partial charge on any atom is 0.409 e. The van der Waals surface area contributed by atoms with Crippen LogP contribution < -0.4 is 10.2 Å². The van der Waals surface area contributed by atoms with Gasteiger partial charge >= 0.3 is 6.18 Å². The summed E-state index contributed by atoms with van der Waals surface area (Å²) in [5.41, 5.74) is -0.271. The van der Waals surface area contributed by atoms with E-state index in [2.05, 4.69) is 5.32 Å². The summed E-state index contributed by atoms with van der Waals surface area (Å²) in [4.78, 5) is 0.988. The van der Waals surface area contributed by atoms with Crippen molar-refractivity contribution in [2.24, 2.45) is 0 Å². The summed E-state index contributed by atoms with van der Waals surface area (Å²) in [6, 6.07) is 0.119. The molecule has 1 heterocycles. The largest absolute Gasteiger partial charge is 0.409 e. The topological polar surface area (TPSA) is 15.3 Å². The number of alkyl halides is 3. The fourth-order valence-electron chi connectivity index (χ4n) is 2.10. The number of nitrogens with one attached hydrogen (secondary N) is 1. The van der Waals surface area contributed by atoms with Crippen LogP contribution >= 0.6 is 0 Å². The predicted molar refractivity (Wildman–Crippen MR) is 61.2 cm³/mol. The molecule has 1 fully saturated rings. The minimum Gasteiger partial charge on any atom is -0.357 e. The molecule has 0 aromatic heterocycles. The van der Waals surface area contributed by atoms with Gasteiger partial charge < -0.3 is 10.2 Å². The van der Waals surface area contributed by atoms with Gasteiger partial charge in [-0.05, 0) is 19.1 Å². The Morgan fingerprint density at radius 3 is 2.32 bits per heavy atom. The van der Waals surface area contributed by atoms with Crippen molar-refractivity contribution >= 4 is 5.69 Å². The first kappa shape index (κ1) is 14.0. The van der Waals surface area contributed by atoms with E-state index in [0.717, 1.165) is 17.0 Å². The van der Waals surface area contributed by atoms with Gasteiger partial charge in [-0.2, -0.15) is 13.2 Å². The molecular weight excluding hydrogens is 267 g/mol. The lowest BCUT2D eigenvalue weighted by Crippen LogP contribution is -2.58. The van der Waals surface area contributed by atoms with E-state index in [4.69, 9.17) is 0 Å². The Morgan fingerprint density at radius 1 is 1.21 bits per heavy atom. The van der Waals surface area contributed by atoms with Crippen LogP contribution in [0.2, 0.25) is 0 Å². The standard InChI is InChI=1S/C12H13F5N2/c1-7-9(13)4-8(5-10(7)14)19-3-2-18-6-11(19)12(15,16)17/h4-5,11,18H,2-3,6H2,1H3. The van der Waals surface area contributed by atoms with Crippen LogP contribution in [-0.2, 0) is 0 Å². The van der Waals surface area contributed by atoms with Gasteiger partial charge in [0.1, 0.15) is 17.7 Å². The van der Waals surface area contributed by atoms with Crippen LogP contribution in [0.1, 0.15) is 5.56 Å². The third-order valence-corrected chi connectivity index (χ3v) is 3.22. The van der Waals surface area contributed by atoms with Crippen molar-refractivity contribution in [3.63, 3.8) is 0 Å². The van der Waals surface area contributed by atoms with Crippen molar-refractivity contribution in [2.45, 2.75) is 19.1 Å². The van der Waals surface area contributed by atoms with Gasteiger partial charge in [0, 0.05) is 30.9 Å². The summed E-state index contributed by atoms with van der Waals surface area (Å²) in [6.45, 7) is 1.34. The number of rotatable bonds is 1. The number of anilines is 1. The SMILES string of the molecule is Cc1c(F)cc(N2CCNCC2C(F)(F)F)cc1F. The zero-order valence-electron chi connectivity index (χ0n) is 10.2. The Balaban J connectivity index is 2.38. The fraction of sp³-hybridized carbons (Fsp3) is 0.500. The highest BCUT2D eigenvalue weighted by Gasteiger charge is 2.45. The van der Waals surface area contributed by atoms with Crippen LogP contribution in [-0.4, -0.2) is 31.9 Å². The zero-order valence-corrected chi connectivity index (χ0v) is 10.2.